The van der Waals surface area contributed by atoms with Crippen molar-refractivity contribution in [3.8, 4) is 0 Å². The number of aryl methyl sites for hydroxylation is 1. The summed E-state index contributed by atoms with van der Waals surface area (Å²) in [5.41, 5.74) is 2.83. The van der Waals surface area contributed by atoms with Crippen molar-refractivity contribution < 1.29 is 0 Å². The molecule has 0 saturated heterocycles. The van der Waals surface area contributed by atoms with Gasteiger partial charge in [0.2, 0.25) is 0 Å². The van der Waals surface area contributed by atoms with E-state index in [1.807, 2.05) is 32.1 Å². The molecule has 0 amide bonds. The second-order valence-electron chi connectivity index (χ2n) is 5.72. The van der Waals surface area contributed by atoms with E-state index in [9.17, 15) is 4.79 Å². The van der Waals surface area contributed by atoms with Crippen LogP contribution in [0.3, 0.4) is 0 Å². The predicted octanol–water partition coefficient (Wildman–Crippen LogP) is 2.21. The van der Waals surface area contributed by atoms with Crippen LogP contribution in [0.15, 0.2) is 60.5 Å². The van der Waals surface area contributed by atoms with Crippen molar-refractivity contribution in [2.24, 2.45) is 0 Å². The average molecular weight is 330 g/mol. The molecule has 0 bridgehead atoms. The fourth-order valence-corrected chi connectivity index (χ4v) is 2.59. The van der Waals surface area contributed by atoms with Gasteiger partial charge in [-0.15, -0.1) is 0 Å². The minimum atomic E-state index is -0.156. The van der Waals surface area contributed by atoms with Crippen molar-refractivity contribution in [1.82, 2.24) is 9.38 Å². The van der Waals surface area contributed by atoms with E-state index < -0.39 is 0 Å². The van der Waals surface area contributed by atoms with Gasteiger partial charge in [0.05, 0.1) is 11.4 Å². The second-order valence-corrected chi connectivity index (χ2v) is 5.72. The zero-order valence-corrected chi connectivity index (χ0v) is 14.7. The molecule has 3 heteroatoms. The maximum Gasteiger partial charge on any atom is 0.264 e. The van der Waals surface area contributed by atoms with Crippen LogP contribution in [0.4, 0.5) is 0 Å². The van der Waals surface area contributed by atoms with E-state index in [4.69, 9.17) is 0 Å². The minimum absolute atomic E-state index is 0.156. The summed E-state index contributed by atoms with van der Waals surface area (Å²) in [6, 6.07) is 0. The van der Waals surface area contributed by atoms with Crippen LogP contribution in [0.25, 0.3) is 30.5 Å². The van der Waals surface area contributed by atoms with Gasteiger partial charge in [-0.1, -0.05) is 68.3 Å². The Hall–Kier alpha value is -3.20. The molecule has 0 aliphatic carbocycles. The van der Waals surface area contributed by atoms with Crippen LogP contribution in [-0.2, 0) is 0 Å². The molecule has 2 aromatic rings. The summed E-state index contributed by atoms with van der Waals surface area (Å²) in [4.78, 5) is 17.6. The van der Waals surface area contributed by atoms with E-state index in [1.54, 1.807) is 34.8 Å². The van der Waals surface area contributed by atoms with Crippen LogP contribution >= 0.6 is 0 Å². The van der Waals surface area contributed by atoms with Crippen molar-refractivity contribution in [2.45, 2.75) is 13.8 Å². The number of hydrogen-bond donors (Lipinski definition) is 0. The Morgan fingerprint density at radius 3 is 2.44 bits per heavy atom. The Morgan fingerprint density at radius 2 is 1.84 bits per heavy atom. The molecular formula is C22H22N2O. The normalized spacial score (nSPS) is 13.4. The molecule has 0 radical (unpaired) electrons. The Labute approximate surface area is 147 Å². The summed E-state index contributed by atoms with van der Waals surface area (Å²) in [6.45, 7) is 19.1. The van der Waals surface area contributed by atoms with E-state index in [-0.39, 0.29) is 5.56 Å². The largest absolute Gasteiger partial charge is 0.268 e. The van der Waals surface area contributed by atoms with Crippen LogP contribution in [0, 0.1) is 6.92 Å². The van der Waals surface area contributed by atoms with Crippen LogP contribution in [-0.4, -0.2) is 9.38 Å². The number of nitrogens with zero attached hydrogens (tertiary/aromatic N) is 2. The smallest absolute Gasteiger partial charge is 0.264 e. The first-order valence-corrected chi connectivity index (χ1v) is 7.92. The van der Waals surface area contributed by atoms with Gasteiger partial charge in [-0.3, -0.25) is 9.20 Å². The summed E-state index contributed by atoms with van der Waals surface area (Å²) in [6.07, 6.45) is 14.2. The standard InChI is InChI=1S/C22H22N2O/c1-7-9-14-20-17(6)23-21-18(11-8-2)16(5)19(22(25)24(20)21)13-10-12-15(3)4/h7-14H,1-3,5H2,4,6H3/b12-10-,14-9-,18-11+,19-13+. The molecule has 0 aliphatic heterocycles. The highest BCUT2D eigenvalue weighted by Crippen LogP contribution is 2.08. The van der Waals surface area contributed by atoms with Gasteiger partial charge in [0, 0.05) is 10.4 Å². The van der Waals surface area contributed by atoms with Crippen molar-refractivity contribution in [1.29, 1.82) is 0 Å². The van der Waals surface area contributed by atoms with Gasteiger partial charge in [0.1, 0.15) is 5.65 Å². The van der Waals surface area contributed by atoms with Crippen LogP contribution in [0.2, 0.25) is 0 Å². The number of aromatic nitrogens is 2. The molecule has 0 spiro atoms. The first-order chi connectivity index (χ1) is 11.9. The Morgan fingerprint density at radius 1 is 1.12 bits per heavy atom. The molecule has 2 rings (SSSR count). The molecule has 2 heterocycles. The summed E-state index contributed by atoms with van der Waals surface area (Å²) < 4.78 is 1.61. The van der Waals surface area contributed by atoms with Crippen LogP contribution in [0.1, 0.15) is 18.3 Å². The summed E-state index contributed by atoms with van der Waals surface area (Å²) in [7, 11) is 0. The molecule has 0 N–H and O–H groups in total. The van der Waals surface area contributed by atoms with Gasteiger partial charge in [-0.05, 0) is 31.2 Å². The van der Waals surface area contributed by atoms with Crippen LogP contribution < -0.4 is 21.2 Å². The van der Waals surface area contributed by atoms with E-state index in [1.165, 1.54) is 0 Å². The molecule has 126 valence electrons. The quantitative estimate of drug-likeness (QED) is 0.788. The van der Waals surface area contributed by atoms with E-state index in [0.717, 1.165) is 22.2 Å². The molecule has 0 aromatic carbocycles. The topological polar surface area (TPSA) is 34.4 Å². The fourth-order valence-electron chi connectivity index (χ4n) is 2.59. The highest BCUT2D eigenvalue weighted by molar-refractivity contribution is 5.60. The monoisotopic (exact) mass is 330 g/mol. The highest BCUT2D eigenvalue weighted by atomic mass is 16.1. The molecule has 0 saturated carbocycles. The highest BCUT2D eigenvalue weighted by Gasteiger charge is 2.11. The summed E-state index contributed by atoms with van der Waals surface area (Å²) in [5.74, 6) is 0. The van der Waals surface area contributed by atoms with Gasteiger partial charge in [0.15, 0.2) is 0 Å². The van der Waals surface area contributed by atoms with E-state index >= 15 is 0 Å². The summed E-state index contributed by atoms with van der Waals surface area (Å²) in [5, 5.41) is 1.93. The maximum atomic E-state index is 13.1. The average Bonchev–Trinajstić information content (AvgIpc) is 2.89. The Kier molecular flexibility index (Phi) is 5.50. The lowest BCUT2D eigenvalue weighted by Crippen LogP contribution is -2.50. The molecular weight excluding hydrogens is 308 g/mol. The zero-order chi connectivity index (χ0) is 18.6. The van der Waals surface area contributed by atoms with E-state index in [0.29, 0.717) is 16.1 Å². The molecule has 0 atom stereocenters. The maximum absolute atomic E-state index is 13.1. The van der Waals surface area contributed by atoms with E-state index in [2.05, 4.69) is 31.3 Å². The molecule has 0 aliphatic rings. The van der Waals surface area contributed by atoms with Gasteiger partial charge in [0.25, 0.3) is 5.56 Å². The van der Waals surface area contributed by atoms with Crippen molar-refractivity contribution in [3.05, 3.63) is 93.1 Å². The summed E-state index contributed by atoms with van der Waals surface area (Å²) >= 11 is 0. The Balaban J connectivity index is 3.10. The Bertz CT molecular complexity index is 1140. The minimum Gasteiger partial charge on any atom is -0.268 e. The van der Waals surface area contributed by atoms with Crippen molar-refractivity contribution in [2.75, 3.05) is 0 Å². The lowest BCUT2D eigenvalue weighted by atomic mass is 10.2. The number of hydrogen-bond acceptors (Lipinski definition) is 2. The van der Waals surface area contributed by atoms with Crippen LogP contribution in [0.5, 0.6) is 0 Å². The third-order valence-corrected chi connectivity index (χ3v) is 3.74. The number of pyridine rings is 1. The molecule has 25 heavy (non-hydrogen) atoms. The third-order valence-electron chi connectivity index (χ3n) is 3.74. The van der Waals surface area contributed by atoms with Crippen molar-refractivity contribution in [3.63, 3.8) is 0 Å². The fraction of sp³-hybridized carbons (Fsp3) is 0.0909. The first-order valence-electron chi connectivity index (χ1n) is 7.92. The predicted molar refractivity (Wildman–Crippen MR) is 109 cm³/mol. The number of fused-ring (bicyclic) bond motifs is 1. The van der Waals surface area contributed by atoms with Gasteiger partial charge >= 0.3 is 0 Å². The van der Waals surface area contributed by atoms with Gasteiger partial charge in [-0.2, -0.15) is 0 Å². The molecule has 3 nitrogen and oxygen atoms in total. The second kappa shape index (κ2) is 7.58. The molecule has 2 aromatic heterocycles. The molecule has 0 unspecified atom stereocenters. The zero-order valence-electron chi connectivity index (χ0n) is 14.7. The first kappa shape index (κ1) is 18.1. The SMILES string of the molecule is C=C/C=C\c1c(C)nc2/c(=C/C=C)c(=C)/c(=C\C=C/C(=C)C)c(=O)n12. The van der Waals surface area contributed by atoms with Gasteiger partial charge < -0.3 is 0 Å². The third kappa shape index (κ3) is 3.50. The number of allylic oxidation sites excluding steroid dienone is 6. The lowest BCUT2D eigenvalue weighted by Gasteiger charge is -1.99. The lowest BCUT2D eigenvalue weighted by molar-refractivity contribution is 1.06. The van der Waals surface area contributed by atoms with Gasteiger partial charge in [-0.25, -0.2) is 4.98 Å². The van der Waals surface area contributed by atoms with Crippen molar-refractivity contribution >= 4 is 30.5 Å². The number of rotatable bonds is 5. The molecule has 0 fully saturated rings. The number of imidazole rings is 1.